The number of rotatable bonds is 6. The van der Waals surface area contributed by atoms with Gasteiger partial charge in [0.05, 0.1) is 6.61 Å². The molecular formula is C14H17NO3S. The number of nitrogens with zero attached hydrogens (tertiary/aromatic N) is 1. The molecular weight excluding hydrogens is 262 g/mol. The minimum absolute atomic E-state index is 0.0666. The molecule has 1 aromatic rings. The van der Waals surface area contributed by atoms with Crippen molar-refractivity contribution < 1.29 is 15.0 Å². The average Bonchev–Trinajstić information content (AvgIpc) is 2.69. The van der Waals surface area contributed by atoms with Crippen LogP contribution in [0.2, 0.25) is 0 Å². The number of carbonyl (C=O) groups excluding carboxylic acids is 1. The summed E-state index contributed by atoms with van der Waals surface area (Å²) in [7, 11) is 0. The molecule has 1 unspecified atom stereocenters. The van der Waals surface area contributed by atoms with E-state index >= 15 is 0 Å². The molecule has 0 saturated carbocycles. The number of benzene rings is 1. The molecule has 1 aliphatic heterocycles. The Morgan fingerprint density at radius 1 is 1.26 bits per heavy atom. The van der Waals surface area contributed by atoms with E-state index in [0.29, 0.717) is 18.1 Å². The standard InChI is InChI=1S/C14H17NO3S/c16-8-9-19-11-14(18)7-6-13(17)15(14)10-12-4-2-1-3-5-12/h1-7,16,18H,8-11H2. The fourth-order valence-electron chi connectivity index (χ4n) is 1.97. The molecule has 0 saturated heterocycles. The quantitative estimate of drug-likeness (QED) is 0.763. The van der Waals surface area contributed by atoms with Crippen molar-refractivity contribution in [3.8, 4) is 0 Å². The lowest BCUT2D eigenvalue weighted by Gasteiger charge is -2.33. The van der Waals surface area contributed by atoms with Crippen LogP contribution in [0.3, 0.4) is 0 Å². The van der Waals surface area contributed by atoms with E-state index < -0.39 is 5.72 Å². The molecule has 4 nitrogen and oxygen atoms in total. The Bertz CT molecular complexity index is 463. The molecule has 1 aliphatic rings. The van der Waals surface area contributed by atoms with Crippen molar-refractivity contribution >= 4 is 17.7 Å². The van der Waals surface area contributed by atoms with Gasteiger partial charge in [0.1, 0.15) is 0 Å². The molecule has 2 N–H and O–H groups in total. The van der Waals surface area contributed by atoms with Crippen molar-refractivity contribution in [2.45, 2.75) is 12.3 Å². The molecule has 0 radical (unpaired) electrons. The van der Waals surface area contributed by atoms with Crippen LogP contribution in [-0.2, 0) is 11.3 Å². The van der Waals surface area contributed by atoms with E-state index in [1.165, 1.54) is 28.8 Å². The van der Waals surface area contributed by atoms with Crippen LogP contribution in [0.1, 0.15) is 5.56 Å². The summed E-state index contributed by atoms with van der Waals surface area (Å²) in [6.45, 7) is 0.444. The van der Waals surface area contributed by atoms with E-state index in [1.807, 2.05) is 30.3 Å². The Labute approximate surface area is 116 Å². The van der Waals surface area contributed by atoms with Gasteiger partial charge < -0.3 is 15.1 Å². The zero-order valence-electron chi connectivity index (χ0n) is 10.5. The van der Waals surface area contributed by atoms with Crippen LogP contribution in [0.5, 0.6) is 0 Å². The van der Waals surface area contributed by atoms with Crippen molar-refractivity contribution in [3.63, 3.8) is 0 Å². The third kappa shape index (κ3) is 3.37. The Balaban J connectivity index is 2.06. The summed E-state index contributed by atoms with van der Waals surface area (Å²) in [6, 6.07) is 9.57. The zero-order chi connectivity index (χ0) is 13.7. The summed E-state index contributed by atoms with van der Waals surface area (Å²) >= 11 is 1.42. The predicted molar refractivity (Wildman–Crippen MR) is 75.5 cm³/mol. The number of carbonyl (C=O) groups is 1. The molecule has 5 heteroatoms. The second kappa shape index (κ2) is 6.23. The number of hydrogen-bond acceptors (Lipinski definition) is 4. The van der Waals surface area contributed by atoms with E-state index in [9.17, 15) is 9.90 Å². The first-order chi connectivity index (χ1) is 9.15. The number of aliphatic hydroxyl groups is 2. The van der Waals surface area contributed by atoms with Gasteiger partial charge >= 0.3 is 0 Å². The molecule has 1 heterocycles. The smallest absolute Gasteiger partial charge is 0.249 e. The van der Waals surface area contributed by atoms with Gasteiger partial charge in [-0.05, 0) is 11.6 Å². The number of hydrogen-bond donors (Lipinski definition) is 2. The summed E-state index contributed by atoms with van der Waals surface area (Å²) in [6.07, 6.45) is 2.94. The van der Waals surface area contributed by atoms with Gasteiger partial charge in [-0.2, -0.15) is 11.8 Å². The van der Waals surface area contributed by atoms with Crippen molar-refractivity contribution in [2.24, 2.45) is 0 Å². The molecule has 0 bridgehead atoms. The third-order valence-electron chi connectivity index (χ3n) is 2.96. The second-order valence-electron chi connectivity index (χ2n) is 4.40. The van der Waals surface area contributed by atoms with Crippen LogP contribution < -0.4 is 0 Å². The maximum absolute atomic E-state index is 11.8. The first-order valence-corrected chi connectivity index (χ1v) is 7.27. The molecule has 1 atom stereocenters. The van der Waals surface area contributed by atoms with Crippen LogP contribution in [0.15, 0.2) is 42.5 Å². The highest BCUT2D eigenvalue weighted by atomic mass is 32.2. The Hall–Kier alpha value is -1.30. The van der Waals surface area contributed by atoms with E-state index in [2.05, 4.69) is 0 Å². The van der Waals surface area contributed by atoms with Crippen LogP contribution in [-0.4, -0.2) is 44.9 Å². The zero-order valence-corrected chi connectivity index (χ0v) is 11.3. The number of thioether (sulfide) groups is 1. The van der Waals surface area contributed by atoms with Gasteiger partial charge in [-0.15, -0.1) is 0 Å². The molecule has 2 rings (SSSR count). The Morgan fingerprint density at radius 2 is 2.00 bits per heavy atom. The first kappa shape index (κ1) is 14.1. The van der Waals surface area contributed by atoms with Gasteiger partial charge in [-0.3, -0.25) is 4.79 Å². The molecule has 1 amide bonds. The largest absolute Gasteiger partial charge is 0.396 e. The van der Waals surface area contributed by atoms with Gasteiger partial charge in [0.25, 0.3) is 0 Å². The average molecular weight is 279 g/mol. The molecule has 102 valence electrons. The van der Waals surface area contributed by atoms with E-state index in [0.717, 1.165) is 5.56 Å². The van der Waals surface area contributed by atoms with Gasteiger partial charge in [-0.1, -0.05) is 30.3 Å². The van der Waals surface area contributed by atoms with Crippen molar-refractivity contribution in [3.05, 3.63) is 48.0 Å². The lowest BCUT2D eigenvalue weighted by atomic mass is 10.2. The topological polar surface area (TPSA) is 60.8 Å². The minimum Gasteiger partial charge on any atom is -0.396 e. The predicted octanol–water partition coefficient (Wildman–Crippen LogP) is 0.999. The van der Waals surface area contributed by atoms with Crippen LogP contribution in [0, 0.1) is 0 Å². The highest BCUT2D eigenvalue weighted by Crippen LogP contribution is 2.27. The maximum Gasteiger partial charge on any atom is 0.249 e. The maximum atomic E-state index is 11.8. The molecule has 19 heavy (non-hydrogen) atoms. The van der Waals surface area contributed by atoms with Crippen molar-refractivity contribution in [1.82, 2.24) is 4.90 Å². The third-order valence-corrected chi connectivity index (χ3v) is 4.06. The Kier molecular flexibility index (Phi) is 4.63. The summed E-state index contributed by atoms with van der Waals surface area (Å²) in [5.74, 6) is 0.725. The Morgan fingerprint density at radius 3 is 2.68 bits per heavy atom. The summed E-state index contributed by atoms with van der Waals surface area (Å²) in [5, 5.41) is 19.3. The van der Waals surface area contributed by atoms with Crippen molar-refractivity contribution in [1.29, 1.82) is 0 Å². The molecule has 0 spiro atoms. The lowest BCUT2D eigenvalue weighted by Crippen LogP contribution is -2.47. The normalized spacial score (nSPS) is 22.2. The fourth-order valence-corrected chi connectivity index (χ4v) is 2.80. The minimum atomic E-state index is -1.26. The molecule has 0 aliphatic carbocycles. The first-order valence-electron chi connectivity index (χ1n) is 6.11. The van der Waals surface area contributed by atoms with Gasteiger partial charge in [0.2, 0.25) is 5.91 Å². The summed E-state index contributed by atoms with van der Waals surface area (Å²) < 4.78 is 0. The lowest BCUT2D eigenvalue weighted by molar-refractivity contribution is -0.139. The molecule has 0 fully saturated rings. The van der Waals surface area contributed by atoms with E-state index in [-0.39, 0.29) is 12.5 Å². The number of amides is 1. The molecule has 0 aromatic heterocycles. The van der Waals surface area contributed by atoms with E-state index in [1.54, 1.807) is 0 Å². The monoisotopic (exact) mass is 279 g/mol. The van der Waals surface area contributed by atoms with Crippen LogP contribution in [0.4, 0.5) is 0 Å². The van der Waals surface area contributed by atoms with Crippen LogP contribution in [0.25, 0.3) is 0 Å². The SMILES string of the molecule is O=C1C=CC(O)(CSCCO)N1Cc1ccccc1. The summed E-state index contributed by atoms with van der Waals surface area (Å²) in [4.78, 5) is 13.3. The fraction of sp³-hybridized carbons (Fsp3) is 0.357. The highest BCUT2D eigenvalue weighted by molar-refractivity contribution is 7.99. The van der Waals surface area contributed by atoms with Crippen LogP contribution >= 0.6 is 11.8 Å². The van der Waals surface area contributed by atoms with Gasteiger partial charge in [-0.25, -0.2) is 0 Å². The van der Waals surface area contributed by atoms with E-state index in [4.69, 9.17) is 5.11 Å². The highest BCUT2D eigenvalue weighted by Gasteiger charge is 2.39. The molecule has 1 aromatic carbocycles. The second-order valence-corrected chi connectivity index (χ2v) is 5.50. The van der Waals surface area contributed by atoms with Gasteiger partial charge in [0.15, 0.2) is 5.72 Å². The summed E-state index contributed by atoms with van der Waals surface area (Å²) in [5.41, 5.74) is -0.280. The number of aliphatic hydroxyl groups excluding tert-OH is 1. The van der Waals surface area contributed by atoms with Crippen molar-refractivity contribution in [2.75, 3.05) is 18.1 Å². The van der Waals surface area contributed by atoms with Gasteiger partial charge in [0, 0.05) is 24.1 Å².